The van der Waals surface area contributed by atoms with E-state index in [2.05, 4.69) is 216 Å². The molecule has 0 aliphatic heterocycles. The molecule has 8 aromatic carbocycles. The highest BCUT2D eigenvalue weighted by atomic mass is 15.1. The van der Waals surface area contributed by atoms with Gasteiger partial charge in [-0.15, -0.1) is 0 Å². The minimum atomic E-state index is 1.10. The Morgan fingerprint density at radius 2 is 0.714 bits per heavy atom. The summed E-state index contributed by atoms with van der Waals surface area (Å²) in [6.45, 7) is 0. The van der Waals surface area contributed by atoms with Gasteiger partial charge in [0, 0.05) is 34.1 Å². The zero-order valence-electron chi connectivity index (χ0n) is 31.4. The van der Waals surface area contributed by atoms with Crippen molar-refractivity contribution in [3.8, 4) is 0 Å². The van der Waals surface area contributed by atoms with Gasteiger partial charge in [-0.05, 0) is 153 Å². The summed E-state index contributed by atoms with van der Waals surface area (Å²) in [5, 5.41) is 4.93. The number of hydrogen-bond donors (Lipinski definition) is 0. The maximum absolute atomic E-state index is 2.40. The lowest BCUT2D eigenvalue weighted by Gasteiger charge is -2.28. The average molecular weight is 719 g/mol. The monoisotopic (exact) mass is 718 g/mol. The van der Waals surface area contributed by atoms with Crippen LogP contribution in [0.1, 0.15) is 46.2 Å². The molecule has 56 heavy (non-hydrogen) atoms. The van der Waals surface area contributed by atoms with E-state index >= 15 is 0 Å². The van der Waals surface area contributed by atoms with Crippen molar-refractivity contribution < 1.29 is 0 Å². The largest absolute Gasteiger partial charge is 0.310 e. The summed E-state index contributed by atoms with van der Waals surface area (Å²) >= 11 is 0. The Bertz CT molecular complexity index is 2660. The van der Waals surface area contributed by atoms with E-state index in [9.17, 15) is 0 Å². The quantitative estimate of drug-likeness (QED) is 0.144. The minimum Gasteiger partial charge on any atom is -0.310 e. The summed E-state index contributed by atoms with van der Waals surface area (Å²) in [6.07, 6.45) is 18.0. The van der Waals surface area contributed by atoms with Crippen LogP contribution in [0.3, 0.4) is 0 Å². The highest BCUT2D eigenvalue weighted by molar-refractivity contribution is 5.93. The van der Waals surface area contributed by atoms with Crippen molar-refractivity contribution >= 4 is 80.0 Å². The molecule has 0 N–H and O–H groups in total. The topological polar surface area (TPSA) is 6.48 Å². The fourth-order valence-electron chi connectivity index (χ4n) is 8.29. The lowest BCUT2D eigenvalue weighted by Crippen LogP contribution is -2.11. The van der Waals surface area contributed by atoms with E-state index < -0.39 is 0 Å². The Morgan fingerprint density at radius 3 is 1.16 bits per heavy atom. The van der Waals surface area contributed by atoms with Crippen molar-refractivity contribution in [2.45, 2.75) is 25.7 Å². The van der Waals surface area contributed by atoms with Crippen molar-refractivity contribution in [1.29, 1.82) is 0 Å². The van der Waals surface area contributed by atoms with Gasteiger partial charge in [0.05, 0.1) is 0 Å². The van der Waals surface area contributed by atoms with Gasteiger partial charge in [-0.25, -0.2) is 0 Å². The Morgan fingerprint density at radius 1 is 0.339 bits per heavy atom. The summed E-state index contributed by atoms with van der Waals surface area (Å²) in [5.41, 5.74) is 14.7. The van der Waals surface area contributed by atoms with Gasteiger partial charge in [0.1, 0.15) is 0 Å². The minimum absolute atomic E-state index is 1.10. The maximum Gasteiger partial charge on any atom is 0.0468 e. The predicted molar refractivity (Wildman–Crippen MR) is 241 cm³/mol. The fraction of sp³-hybridized carbons (Fsp3) is 0.0741. The highest BCUT2D eigenvalue weighted by Gasteiger charge is 2.17. The van der Waals surface area contributed by atoms with Crippen LogP contribution in [0.4, 0.5) is 34.1 Å². The molecule has 0 saturated carbocycles. The van der Waals surface area contributed by atoms with Gasteiger partial charge in [0.25, 0.3) is 0 Å². The molecule has 2 aliphatic carbocycles. The maximum atomic E-state index is 2.40. The third kappa shape index (κ3) is 6.71. The molecule has 0 heterocycles. The second kappa shape index (κ2) is 14.7. The summed E-state index contributed by atoms with van der Waals surface area (Å²) in [6, 6.07) is 62.3. The zero-order valence-corrected chi connectivity index (χ0v) is 31.4. The van der Waals surface area contributed by atoms with Crippen molar-refractivity contribution in [2.24, 2.45) is 0 Å². The molecule has 10 rings (SSSR count). The van der Waals surface area contributed by atoms with Crippen LogP contribution >= 0.6 is 0 Å². The third-order valence-electron chi connectivity index (χ3n) is 11.3. The highest BCUT2D eigenvalue weighted by Crippen LogP contribution is 2.40. The van der Waals surface area contributed by atoms with Gasteiger partial charge in [-0.3, -0.25) is 0 Å². The molecular formula is C54H42N2. The number of hydrogen-bond acceptors (Lipinski definition) is 2. The summed E-state index contributed by atoms with van der Waals surface area (Å²) in [7, 11) is 0. The first kappa shape index (κ1) is 33.7. The molecule has 0 fully saturated rings. The SMILES string of the molecule is C1=Cc2cc(N(c3ccc(/C=C/c4ccc(N(c5ccc6ccccc6c5)c5ccc6ccccc6c5)cc4)cc3)c3ccc4c(c3)C=CCC4)ccc2CC1. The van der Waals surface area contributed by atoms with Gasteiger partial charge in [0.2, 0.25) is 0 Å². The van der Waals surface area contributed by atoms with E-state index in [1.165, 1.54) is 55.2 Å². The van der Waals surface area contributed by atoms with Crippen molar-refractivity contribution in [3.05, 3.63) is 215 Å². The third-order valence-corrected chi connectivity index (χ3v) is 11.3. The number of fused-ring (bicyclic) bond motifs is 4. The second-order valence-corrected chi connectivity index (χ2v) is 14.9. The predicted octanol–water partition coefficient (Wildman–Crippen LogP) is 15.0. The molecule has 0 spiro atoms. The van der Waals surface area contributed by atoms with Crippen molar-refractivity contribution in [2.75, 3.05) is 9.80 Å². The molecule has 0 unspecified atom stereocenters. The van der Waals surface area contributed by atoms with Gasteiger partial charge < -0.3 is 9.80 Å². The van der Waals surface area contributed by atoms with E-state index in [-0.39, 0.29) is 0 Å². The number of nitrogens with zero attached hydrogens (tertiary/aromatic N) is 2. The summed E-state index contributed by atoms with van der Waals surface area (Å²) < 4.78 is 0. The first-order valence-electron chi connectivity index (χ1n) is 19.8. The van der Waals surface area contributed by atoms with Crippen LogP contribution < -0.4 is 9.80 Å². The molecule has 0 aromatic heterocycles. The van der Waals surface area contributed by atoms with E-state index in [0.717, 1.165) is 59.6 Å². The van der Waals surface area contributed by atoms with Crippen LogP contribution in [0, 0.1) is 0 Å². The van der Waals surface area contributed by atoms with Gasteiger partial charge in [-0.2, -0.15) is 0 Å². The zero-order chi connectivity index (χ0) is 37.3. The Kier molecular flexibility index (Phi) is 8.85. The van der Waals surface area contributed by atoms with Crippen molar-refractivity contribution in [1.82, 2.24) is 0 Å². The smallest absolute Gasteiger partial charge is 0.0468 e. The second-order valence-electron chi connectivity index (χ2n) is 14.9. The molecule has 0 radical (unpaired) electrons. The number of aryl methyl sites for hydroxylation is 2. The molecule has 0 atom stereocenters. The lowest BCUT2D eigenvalue weighted by molar-refractivity contribution is 0.983. The summed E-state index contributed by atoms with van der Waals surface area (Å²) in [5.74, 6) is 0. The molecule has 0 bridgehead atoms. The molecule has 8 aromatic rings. The van der Waals surface area contributed by atoms with Crippen LogP contribution in [0.25, 0.3) is 45.8 Å². The average Bonchev–Trinajstić information content (AvgIpc) is 3.26. The molecule has 0 saturated heterocycles. The van der Waals surface area contributed by atoms with E-state index in [1.807, 2.05) is 0 Å². The molecular weight excluding hydrogens is 677 g/mol. The normalized spacial score (nSPS) is 13.2. The van der Waals surface area contributed by atoms with Crippen LogP contribution in [0.15, 0.2) is 182 Å². The van der Waals surface area contributed by atoms with E-state index in [4.69, 9.17) is 0 Å². The molecule has 2 nitrogen and oxygen atoms in total. The first-order valence-corrected chi connectivity index (χ1v) is 19.8. The molecule has 0 amide bonds. The first-order chi connectivity index (χ1) is 27.7. The van der Waals surface area contributed by atoms with Gasteiger partial charge in [0.15, 0.2) is 0 Å². The van der Waals surface area contributed by atoms with Crippen LogP contribution in [-0.4, -0.2) is 0 Å². The van der Waals surface area contributed by atoms with Gasteiger partial charge in [-0.1, -0.05) is 134 Å². The number of benzene rings is 8. The van der Waals surface area contributed by atoms with E-state index in [0.29, 0.717) is 0 Å². The molecule has 2 aliphatic rings. The van der Waals surface area contributed by atoms with E-state index in [1.54, 1.807) is 0 Å². The standard InChI is InChI=1S/C54H42N2/c1-5-13-45-35-51(31-23-41(45)9-1)55(52-32-24-42-10-2-6-14-46(42)36-52)49-27-19-39(20-28-49)17-18-40-21-29-50(30-22-40)56(53-33-25-43-11-3-7-15-47(43)37-53)54-34-26-44-12-4-8-16-48(44)38-54/h1-2,5-10,13-38H,3-4,11-12H2/b18-17+. The number of allylic oxidation sites excluding steroid dienone is 2. The van der Waals surface area contributed by atoms with Crippen LogP contribution in [0.5, 0.6) is 0 Å². The van der Waals surface area contributed by atoms with Crippen LogP contribution in [0.2, 0.25) is 0 Å². The summed E-state index contributed by atoms with van der Waals surface area (Å²) in [4.78, 5) is 4.75. The Labute approximate surface area is 329 Å². The lowest BCUT2D eigenvalue weighted by atomic mass is 9.95. The Hall–Kier alpha value is -6.90. The molecule has 268 valence electrons. The van der Waals surface area contributed by atoms with Crippen LogP contribution in [-0.2, 0) is 12.8 Å². The fourth-order valence-corrected chi connectivity index (χ4v) is 8.29. The molecule has 2 heteroatoms. The van der Waals surface area contributed by atoms with Gasteiger partial charge >= 0.3 is 0 Å². The van der Waals surface area contributed by atoms with Crippen molar-refractivity contribution in [3.63, 3.8) is 0 Å². The number of anilines is 6. The number of rotatable bonds is 8. The Balaban J connectivity index is 0.944.